The largest absolute Gasteiger partial charge is 0.309 e. The number of fused-ring (bicyclic) bond motifs is 8. The van der Waals surface area contributed by atoms with Crippen LogP contribution in [0.4, 0.5) is 0 Å². The molecule has 0 saturated carbocycles. The second-order valence-corrected chi connectivity index (χ2v) is 15.6. The van der Waals surface area contributed by atoms with E-state index in [0.717, 1.165) is 47.5 Å². The van der Waals surface area contributed by atoms with Crippen LogP contribution in [0.3, 0.4) is 0 Å². The fraction of sp³-hybridized carbons (Fsp3) is 0.0741. The van der Waals surface area contributed by atoms with Gasteiger partial charge >= 0.3 is 0 Å². The van der Waals surface area contributed by atoms with Crippen molar-refractivity contribution in [2.75, 3.05) is 0 Å². The lowest BCUT2D eigenvalue weighted by molar-refractivity contribution is 0.661. The lowest BCUT2D eigenvalue weighted by atomic mass is 9.92. The maximum absolute atomic E-state index is 5.44. The summed E-state index contributed by atoms with van der Waals surface area (Å²) >= 11 is 0. The van der Waals surface area contributed by atoms with E-state index in [4.69, 9.17) is 9.97 Å². The van der Waals surface area contributed by atoms with Gasteiger partial charge in [0.15, 0.2) is 0 Å². The molecule has 4 heteroatoms. The molecule has 0 saturated heterocycles. The van der Waals surface area contributed by atoms with Crippen molar-refractivity contribution in [3.63, 3.8) is 0 Å². The Kier molecular flexibility index (Phi) is 7.45. The standard InChI is InChI=1S/C54H38N4/c1-2-12-35(13-3-1)37-22-24-38(25-23-37)53-45-18-6-9-19-48(45)55-54(56-53)58-50-21-11-8-17-44(50)47-34-41(28-31-52(47)58)40-27-30-51-46(33-40)43-16-7-10-20-49(43)57(51)42-29-26-36-14-4-5-15-39(36)32-42/h1-5,7-8,10-17,20-34H,6,9,18-19H2. The molecule has 8 aromatic carbocycles. The Balaban J connectivity index is 0.996. The van der Waals surface area contributed by atoms with Gasteiger partial charge in [-0.1, -0.05) is 133 Å². The minimum atomic E-state index is 0.740. The molecule has 1 aliphatic rings. The number of para-hydroxylation sites is 2. The molecule has 274 valence electrons. The highest BCUT2D eigenvalue weighted by Gasteiger charge is 2.23. The molecule has 4 nitrogen and oxygen atoms in total. The third-order valence-electron chi connectivity index (χ3n) is 12.3. The van der Waals surface area contributed by atoms with Gasteiger partial charge in [0.05, 0.1) is 27.8 Å². The molecule has 12 rings (SSSR count). The van der Waals surface area contributed by atoms with Crippen molar-refractivity contribution in [2.24, 2.45) is 0 Å². The molecule has 0 aliphatic heterocycles. The molecule has 0 radical (unpaired) electrons. The van der Waals surface area contributed by atoms with Crippen molar-refractivity contribution in [1.82, 2.24) is 19.1 Å². The maximum atomic E-state index is 5.44. The number of hydrogen-bond donors (Lipinski definition) is 0. The summed E-state index contributed by atoms with van der Waals surface area (Å²) in [5.41, 5.74) is 15.3. The van der Waals surface area contributed by atoms with E-state index in [1.807, 2.05) is 0 Å². The normalized spacial score (nSPS) is 12.9. The fourth-order valence-electron chi connectivity index (χ4n) is 9.49. The monoisotopic (exact) mass is 742 g/mol. The van der Waals surface area contributed by atoms with Gasteiger partial charge in [0.1, 0.15) is 0 Å². The lowest BCUT2D eigenvalue weighted by Gasteiger charge is -2.20. The Morgan fingerprint density at radius 2 is 0.914 bits per heavy atom. The summed E-state index contributed by atoms with van der Waals surface area (Å²) in [7, 11) is 0. The molecular weight excluding hydrogens is 705 g/mol. The molecule has 11 aromatic rings. The predicted octanol–water partition coefficient (Wildman–Crippen LogP) is 13.7. The average Bonchev–Trinajstić information content (AvgIpc) is 3.81. The summed E-state index contributed by atoms with van der Waals surface area (Å²) in [4.78, 5) is 10.8. The van der Waals surface area contributed by atoms with E-state index in [1.54, 1.807) is 0 Å². The zero-order valence-electron chi connectivity index (χ0n) is 31.9. The second-order valence-electron chi connectivity index (χ2n) is 15.6. The van der Waals surface area contributed by atoms with Crippen LogP contribution in [0.2, 0.25) is 0 Å². The lowest BCUT2D eigenvalue weighted by Crippen LogP contribution is -2.13. The van der Waals surface area contributed by atoms with Crippen molar-refractivity contribution >= 4 is 54.4 Å². The first-order chi connectivity index (χ1) is 28.7. The summed E-state index contributed by atoms with van der Waals surface area (Å²) in [6, 6.07) is 66.2. The Bertz CT molecular complexity index is 3390. The highest BCUT2D eigenvalue weighted by Crippen LogP contribution is 2.39. The molecule has 0 unspecified atom stereocenters. The smallest absolute Gasteiger partial charge is 0.235 e. The maximum Gasteiger partial charge on any atom is 0.235 e. The Morgan fingerprint density at radius 1 is 0.362 bits per heavy atom. The molecular formula is C54H38N4. The first kappa shape index (κ1) is 32.9. The van der Waals surface area contributed by atoms with E-state index >= 15 is 0 Å². The predicted molar refractivity (Wildman–Crippen MR) is 241 cm³/mol. The minimum Gasteiger partial charge on any atom is -0.309 e. The molecule has 3 heterocycles. The summed E-state index contributed by atoms with van der Waals surface area (Å²) in [6.07, 6.45) is 4.30. The molecule has 0 N–H and O–H groups in total. The zero-order chi connectivity index (χ0) is 38.2. The molecule has 0 amide bonds. The first-order valence-electron chi connectivity index (χ1n) is 20.4. The van der Waals surface area contributed by atoms with Crippen molar-refractivity contribution in [3.8, 4) is 45.1 Å². The molecule has 0 spiro atoms. The van der Waals surface area contributed by atoms with Crippen molar-refractivity contribution in [3.05, 3.63) is 193 Å². The van der Waals surface area contributed by atoms with Crippen molar-refractivity contribution < 1.29 is 0 Å². The van der Waals surface area contributed by atoms with Gasteiger partial charge in [-0.15, -0.1) is 0 Å². The highest BCUT2D eigenvalue weighted by molar-refractivity contribution is 6.12. The van der Waals surface area contributed by atoms with E-state index in [2.05, 4.69) is 191 Å². The molecule has 0 fully saturated rings. The fourth-order valence-corrected chi connectivity index (χ4v) is 9.49. The number of nitrogens with zero attached hydrogens (tertiary/aromatic N) is 4. The quantitative estimate of drug-likeness (QED) is 0.176. The van der Waals surface area contributed by atoms with E-state index in [1.165, 1.54) is 89.0 Å². The van der Waals surface area contributed by atoms with Crippen LogP contribution in [-0.2, 0) is 12.8 Å². The van der Waals surface area contributed by atoms with Crippen LogP contribution in [0, 0.1) is 0 Å². The Labute approximate surface area is 336 Å². The van der Waals surface area contributed by atoms with Crippen molar-refractivity contribution in [1.29, 1.82) is 0 Å². The molecule has 3 aromatic heterocycles. The van der Waals surface area contributed by atoms with Gasteiger partial charge in [0.2, 0.25) is 5.95 Å². The van der Waals surface area contributed by atoms with E-state index in [9.17, 15) is 0 Å². The first-order valence-corrected chi connectivity index (χ1v) is 20.4. The van der Waals surface area contributed by atoms with Crippen LogP contribution in [0.15, 0.2) is 182 Å². The van der Waals surface area contributed by atoms with Gasteiger partial charge in [0, 0.05) is 44.1 Å². The third-order valence-corrected chi connectivity index (χ3v) is 12.3. The van der Waals surface area contributed by atoms with Crippen LogP contribution >= 0.6 is 0 Å². The van der Waals surface area contributed by atoms with Crippen LogP contribution in [-0.4, -0.2) is 19.1 Å². The topological polar surface area (TPSA) is 35.6 Å². The Hall–Kier alpha value is -7.30. The summed E-state index contributed by atoms with van der Waals surface area (Å²) in [5, 5.41) is 7.38. The zero-order valence-corrected chi connectivity index (χ0v) is 31.9. The number of aryl methyl sites for hydroxylation is 1. The number of benzene rings is 8. The Morgan fingerprint density at radius 3 is 1.66 bits per heavy atom. The number of aromatic nitrogens is 4. The molecule has 0 atom stereocenters. The number of hydrogen-bond acceptors (Lipinski definition) is 2. The van der Waals surface area contributed by atoms with Gasteiger partial charge in [-0.25, -0.2) is 9.97 Å². The van der Waals surface area contributed by atoms with Crippen LogP contribution in [0.1, 0.15) is 24.1 Å². The highest BCUT2D eigenvalue weighted by atomic mass is 15.2. The SMILES string of the molecule is c1ccc(-c2ccc(-c3nc(-n4c5ccccc5c5cc(-c6ccc7c(c6)c6ccccc6n7-c6ccc7ccccc7c6)ccc54)nc4c3CCCC4)cc2)cc1. The number of rotatable bonds is 5. The molecule has 1 aliphatic carbocycles. The second kappa shape index (κ2) is 13.1. The van der Waals surface area contributed by atoms with E-state index in [-0.39, 0.29) is 0 Å². The van der Waals surface area contributed by atoms with E-state index in [0.29, 0.717) is 0 Å². The average molecular weight is 743 g/mol. The van der Waals surface area contributed by atoms with E-state index < -0.39 is 0 Å². The van der Waals surface area contributed by atoms with Crippen LogP contribution in [0.25, 0.3) is 99.5 Å². The van der Waals surface area contributed by atoms with Crippen LogP contribution < -0.4 is 0 Å². The summed E-state index contributed by atoms with van der Waals surface area (Å²) in [5.74, 6) is 0.740. The van der Waals surface area contributed by atoms with Gasteiger partial charge in [-0.05, 0) is 107 Å². The third kappa shape index (κ3) is 5.22. The van der Waals surface area contributed by atoms with Gasteiger partial charge < -0.3 is 4.57 Å². The minimum absolute atomic E-state index is 0.740. The molecule has 58 heavy (non-hydrogen) atoms. The summed E-state index contributed by atoms with van der Waals surface area (Å²) < 4.78 is 4.69. The van der Waals surface area contributed by atoms with Crippen molar-refractivity contribution in [2.45, 2.75) is 25.7 Å². The van der Waals surface area contributed by atoms with Crippen LogP contribution in [0.5, 0.6) is 0 Å². The van der Waals surface area contributed by atoms with Gasteiger partial charge in [-0.2, -0.15) is 0 Å². The van der Waals surface area contributed by atoms with Gasteiger partial charge in [0.25, 0.3) is 0 Å². The summed E-state index contributed by atoms with van der Waals surface area (Å²) in [6.45, 7) is 0. The molecule has 0 bridgehead atoms. The van der Waals surface area contributed by atoms with Gasteiger partial charge in [-0.3, -0.25) is 4.57 Å².